The molecular formula is C20H20ClN3O2S. The van der Waals surface area contributed by atoms with Crippen LogP contribution in [0.5, 0.6) is 0 Å². The molecule has 1 aromatic carbocycles. The molecule has 1 aliphatic carbocycles. The summed E-state index contributed by atoms with van der Waals surface area (Å²) >= 11 is 5.59. The first-order valence-corrected chi connectivity index (χ1v) is 9.05. The minimum absolute atomic E-state index is 0. The second kappa shape index (κ2) is 8.50. The van der Waals surface area contributed by atoms with Gasteiger partial charge >= 0.3 is 5.97 Å². The molecule has 0 saturated carbocycles. The lowest BCUT2D eigenvalue weighted by molar-refractivity contribution is 0.0361. The molecule has 27 heavy (non-hydrogen) atoms. The Morgan fingerprint density at radius 3 is 2.70 bits per heavy atom. The van der Waals surface area contributed by atoms with E-state index in [1.165, 1.54) is 11.1 Å². The molecule has 0 spiro atoms. The van der Waals surface area contributed by atoms with Gasteiger partial charge in [-0.15, -0.1) is 12.4 Å². The molecule has 0 fully saturated rings. The first-order valence-electron chi connectivity index (χ1n) is 8.64. The van der Waals surface area contributed by atoms with Crippen molar-refractivity contribution < 1.29 is 9.53 Å². The number of imidazole rings is 1. The van der Waals surface area contributed by atoms with E-state index in [1.54, 1.807) is 29.0 Å². The first kappa shape index (κ1) is 19.3. The maximum absolute atomic E-state index is 12.0. The predicted molar refractivity (Wildman–Crippen MR) is 108 cm³/mol. The van der Waals surface area contributed by atoms with Gasteiger partial charge in [-0.25, -0.2) is 9.78 Å². The maximum Gasteiger partial charge on any atom is 0.358 e. The Morgan fingerprint density at radius 2 is 1.93 bits per heavy atom. The fourth-order valence-electron chi connectivity index (χ4n) is 3.41. The monoisotopic (exact) mass is 401 g/mol. The zero-order valence-corrected chi connectivity index (χ0v) is 16.3. The highest BCUT2D eigenvalue weighted by Gasteiger charge is 2.20. The highest BCUT2D eigenvalue weighted by Crippen LogP contribution is 2.29. The van der Waals surface area contributed by atoms with Crippen LogP contribution in [-0.4, -0.2) is 20.1 Å². The molecule has 1 atom stereocenters. The second-order valence-corrected chi connectivity index (χ2v) is 6.76. The molecule has 1 unspecified atom stereocenters. The Hall–Kier alpha value is -2.44. The van der Waals surface area contributed by atoms with E-state index in [0.717, 1.165) is 19.3 Å². The molecule has 0 amide bonds. The minimum Gasteiger partial charge on any atom is -0.439 e. The van der Waals surface area contributed by atoms with Crippen molar-refractivity contribution in [3.8, 4) is 0 Å². The maximum atomic E-state index is 12.0. The average molecular weight is 402 g/mol. The van der Waals surface area contributed by atoms with E-state index in [9.17, 15) is 4.79 Å². The van der Waals surface area contributed by atoms with Gasteiger partial charge in [-0.05, 0) is 54.7 Å². The Labute approximate surface area is 169 Å². The zero-order valence-electron chi connectivity index (χ0n) is 14.7. The largest absolute Gasteiger partial charge is 0.439 e. The molecule has 7 heteroatoms. The highest BCUT2D eigenvalue weighted by molar-refractivity contribution is 7.71. The van der Waals surface area contributed by atoms with E-state index in [4.69, 9.17) is 17.0 Å². The second-order valence-electron chi connectivity index (χ2n) is 6.40. The van der Waals surface area contributed by atoms with Crippen LogP contribution in [0.4, 0.5) is 0 Å². The number of halogens is 1. The summed E-state index contributed by atoms with van der Waals surface area (Å²) in [5.41, 5.74) is 3.11. The molecule has 4 rings (SSSR count). The van der Waals surface area contributed by atoms with Crippen molar-refractivity contribution in [1.29, 1.82) is 0 Å². The number of hydrogen-bond donors (Lipinski definition) is 0. The van der Waals surface area contributed by atoms with Gasteiger partial charge in [0.2, 0.25) is 0 Å². The molecule has 0 radical (unpaired) electrons. The lowest BCUT2D eigenvalue weighted by Gasteiger charge is -2.25. The molecule has 140 valence electrons. The van der Waals surface area contributed by atoms with Crippen LogP contribution in [0.1, 0.15) is 34.1 Å². The quantitative estimate of drug-likeness (QED) is 0.481. The van der Waals surface area contributed by atoms with Gasteiger partial charge in [-0.1, -0.05) is 30.3 Å². The Bertz CT molecular complexity index is 984. The van der Waals surface area contributed by atoms with Crippen LogP contribution in [0.25, 0.3) is 0 Å². The van der Waals surface area contributed by atoms with Gasteiger partial charge in [-0.3, -0.25) is 4.57 Å². The Balaban J connectivity index is 0.00000210. The van der Waals surface area contributed by atoms with Crippen LogP contribution in [-0.2, 0) is 24.3 Å². The SMILES string of the molecule is Cl.O=C(OCn1ccn(C2CCc3ccccc3C2)c1=S)c1ccccn1. The van der Waals surface area contributed by atoms with E-state index in [0.29, 0.717) is 16.5 Å². The van der Waals surface area contributed by atoms with Crippen molar-refractivity contribution >= 4 is 30.6 Å². The summed E-state index contributed by atoms with van der Waals surface area (Å²) in [5, 5.41) is 0. The number of hydrogen-bond acceptors (Lipinski definition) is 4. The number of aryl methyl sites for hydroxylation is 1. The number of rotatable bonds is 4. The van der Waals surface area contributed by atoms with E-state index in [1.807, 2.05) is 12.4 Å². The summed E-state index contributed by atoms with van der Waals surface area (Å²) in [6, 6.07) is 14.1. The number of carbonyl (C=O) groups is 1. The third-order valence-electron chi connectivity index (χ3n) is 4.80. The first-order chi connectivity index (χ1) is 12.7. The summed E-state index contributed by atoms with van der Waals surface area (Å²) in [4.78, 5) is 16.0. The standard InChI is InChI=1S/C20H19N3O2S.ClH/c24-19(18-7-3-4-10-21-18)25-14-22-11-12-23(20(22)26)17-9-8-15-5-1-2-6-16(15)13-17;/h1-7,10-12,17H,8-9,13-14H2;1H. The third kappa shape index (κ3) is 4.12. The fourth-order valence-corrected chi connectivity index (χ4v) is 3.73. The minimum atomic E-state index is -0.452. The summed E-state index contributed by atoms with van der Waals surface area (Å²) in [6.07, 6.45) is 8.51. The van der Waals surface area contributed by atoms with Crippen molar-refractivity contribution in [3.63, 3.8) is 0 Å². The lowest BCUT2D eigenvalue weighted by atomic mass is 9.88. The molecule has 0 N–H and O–H groups in total. The van der Waals surface area contributed by atoms with Gasteiger partial charge in [0.1, 0.15) is 5.69 Å². The summed E-state index contributed by atoms with van der Waals surface area (Å²) in [5.74, 6) is -0.452. The van der Waals surface area contributed by atoms with Gasteiger partial charge in [0.15, 0.2) is 11.5 Å². The fraction of sp³-hybridized carbons (Fsp3) is 0.250. The van der Waals surface area contributed by atoms with Gasteiger partial charge in [-0.2, -0.15) is 0 Å². The van der Waals surface area contributed by atoms with Crippen LogP contribution < -0.4 is 0 Å². The molecule has 0 aliphatic heterocycles. The number of nitrogens with zero attached hydrogens (tertiary/aromatic N) is 3. The smallest absolute Gasteiger partial charge is 0.358 e. The summed E-state index contributed by atoms with van der Waals surface area (Å²) in [6.45, 7) is 0.0878. The number of ether oxygens (including phenoxy) is 1. The number of pyridine rings is 1. The van der Waals surface area contributed by atoms with Crippen LogP contribution in [0.15, 0.2) is 61.1 Å². The van der Waals surface area contributed by atoms with Crippen molar-refractivity contribution in [1.82, 2.24) is 14.1 Å². The van der Waals surface area contributed by atoms with Gasteiger partial charge in [0.25, 0.3) is 0 Å². The molecule has 1 aliphatic rings. The summed E-state index contributed by atoms with van der Waals surface area (Å²) in [7, 11) is 0. The van der Waals surface area contributed by atoms with E-state index >= 15 is 0 Å². The van der Waals surface area contributed by atoms with Crippen LogP contribution >= 0.6 is 24.6 Å². The summed E-state index contributed by atoms with van der Waals surface area (Å²) < 4.78 is 9.89. The van der Waals surface area contributed by atoms with Crippen molar-refractivity contribution in [2.24, 2.45) is 0 Å². The third-order valence-corrected chi connectivity index (χ3v) is 5.24. The predicted octanol–water partition coefficient (Wildman–Crippen LogP) is 4.38. The van der Waals surface area contributed by atoms with Crippen molar-refractivity contribution in [2.45, 2.75) is 32.0 Å². The number of esters is 1. The number of aromatic nitrogens is 3. The molecule has 0 saturated heterocycles. The zero-order chi connectivity index (χ0) is 17.9. The molecule has 5 nitrogen and oxygen atoms in total. The molecular weight excluding hydrogens is 382 g/mol. The van der Waals surface area contributed by atoms with Gasteiger partial charge < -0.3 is 9.30 Å². The topological polar surface area (TPSA) is 49.0 Å². The van der Waals surface area contributed by atoms with E-state index in [2.05, 4.69) is 33.8 Å². The molecule has 0 bridgehead atoms. The van der Waals surface area contributed by atoms with Crippen LogP contribution in [0.3, 0.4) is 0 Å². The molecule has 3 aromatic rings. The van der Waals surface area contributed by atoms with Crippen molar-refractivity contribution in [3.05, 3.63) is 82.6 Å². The Kier molecular flexibility index (Phi) is 6.08. The molecule has 2 heterocycles. The Morgan fingerprint density at radius 1 is 1.15 bits per heavy atom. The van der Waals surface area contributed by atoms with Crippen molar-refractivity contribution in [2.75, 3.05) is 0 Å². The normalized spacial score (nSPS) is 15.5. The number of fused-ring (bicyclic) bond motifs is 1. The van der Waals surface area contributed by atoms with E-state index in [-0.39, 0.29) is 19.1 Å². The average Bonchev–Trinajstić information content (AvgIpc) is 3.07. The molecule has 2 aromatic heterocycles. The highest BCUT2D eigenvalue weighted by atomic mass is 35.5. The van der Waals surface area contributed by atoms with Crippen LogP contribution in [0.2, 0.25) is 0 Å². The van der Waals surface area contributed by atoms with E-state index < -0.39 is 5.97 Å². The van der Waals surface area contributed by atoms with Gasteiger partial charge in [0.05, 0.1) is 0 Å². The number of benzene rings is 1. The number of carbonyl (C=O) groups excluding carboxylic acids is 1. The van der Waals surface area contributed by atoms with Crippen LogP contribution in [0, 0.1) is 4.77 Å². The lowest BCUT2D eigenvalue weighted by Crippen LogP contribution is -2.19. The van der Waals surface area contributed by atoms with Gasteiger partial charge in [0, 0.05) is 24.6 Å².